The predicted octanol–water partition coefficient (Wildman–Crippen LogP) is 3.58. The second kappa shape index (κ2) is 5.97. The minimum absolute atomic E-state index is 0.0415. The largest absolute Gasteiger partial charge is 0.314 e. The van der Waals surface area contributed by atoms with Crippen molar-refractivity contribution in [3.8, 4) is 0 Å². The van der Waals surface area contributed by atoms with Gasteiger partial charge in [-0.15, -0.1) is 0 Å². The van der Waals surface area contributed by atoms with Gasteiger partial charge in [0.15, 0.2) is 5.78 Å². The van der Waals surface area contributed by atoms with Crippen LogP contribution in [-0.4, -0.2) is 12.4 Å². The summed E-state index contributed by atoms with van der Waals surface area (Å²) in [5, 5.41) is 1.58. The molecule has 0 fully saturated rings. The van der Waals surface area contributed by atoms with Crippen molar-refractivity contribution in [3.05, 3.63) is 41.7 Å². The highest BCUT2D eigenvalue weighted by Crippen LogP contribution is 2.50. The molecule has 0 saturated carbocycles. The Hall–Kier alpha value is -1.14. The van der Waals surface area contributed by atoms with E-state index in [0.717, 1.165) is 10.6 Å². The molecule has 1 aromatic rings. The van der Waals surface area contributed by atoms with Crippen molar-refractivity contribution in [2.24, 2.45) is 0 Å². The van der Waals surface area contributed by atoms with Crippen LogP contribution in [0, 0.1) is 0 Å². The van der Waals surface area contributed by atoms with Crippen LogP contribution in [0.4, 0.5) is 0 Å². The van der Waals surface area contributed by atoms with Crippen molar-refractivity contribution in [2.75, 3.05) is 6.66 Å². The molecule has 0 aromatic heterocycles. The van der Waals surface area contributed by atoms with Crippen LogP contribution in [0.5, 0.6) is 0 Å². The van der Waals surface area contributed by atoms with Gasteiger partial charge in [0, 0.05) is 11.7 Å². The number of hydrogen-bond acceptors (Lipinski definition) is 2. The maximum atomic E-state index is 12.8. The highest BCUT2D eigenvalue weighted by molar-refractivity contribution is 7.74. The van der Waals surface area contributed by atoms with Crippen LogP contribution in [0.25, 0.3) is 0 Å². The van der Waals surface area contributed by atoms with E-state index in [1.54, 1.807) is 12.7 Å². The lowest BCUT2D eigenvalue weighted by Gasteiger charge is -2.16. The van der Waals surface area contributed by atoms with Gasteiger partial charge < -0.3 is 4.57 Å². The molecule has 17 heavy (non-hydrogen) atoms. The first-order chi connectivity index (χ1) is 8.02. The van der Waals surface area contributed by atoms with E-state index >= 15 is 0 Å². The lowest BCUT2D eigenvalue weighted by atomic mass is 10.2. The normalized spacial score (nSPS) is 15.4. The van der Waals surface area contributed by atoms with Gasteiger partial charge >= 0.3 is 0 Å². The average Bonchev–Trinajstić information content (AvgIpc) is 2.36. The van der Waals surface area contributed by atoms with Gasteiger partial charge in [-0.2, -0.15) is 0 Å². The summed E-state index contributed by atoms with van der Waals surface area (Å²) < 4.78 is 12.8. The number of allylic oxidation sites excluding steroid dienone is 2. The second-order valence-electron chi connectivity index (χ2n) is 4.07. The molecule has 0 heterocycles. The quantitative estimate of drug-likeness (QED) is 0.591. The van der Waals surface area contributed by atoms with Crippen LogP contribution in [-0.2, 0) is 9.36 Å². The van der Waals surface area contributed by atoms with Crippen molar-refractivity contribution in [1.29, 1.82) is 0 Å². The number of carbonyl (C=O) groups is 1. The van der Waals surface area contributed by atoms with Crippen LogP contribution < -0.4 is 5.30 Å². The topological polar surface area (TPSA) is 34.1 Å². The SMILES string of the molecule is CCC(=O)/C=C(/CC)P(C)(=O)c1ccccc1. The summed E-state index contributed by atoms with van der Waals surface area (Å²) in [6.45, 7) is 5.49. The molecule has 3 heteroatoms. The first-order valence-electron chi connectivity index (χ1n) is 5.89. The molecule has 0 aliphatic rings. The average molecular weight is 250 g/mol. The summed E-state index contributed by atoms with van der Waals surface area (Å²) in [7, 11) is -2.58. The molecule has 0 radical (unpaired) electrons. The predicted molar refractivity (Wildman–Crippen MR) is 73.3 cm³/mol. The summed E-state index contributed by atoms with van der Waals surface area (Å²) in [5.41, 5.74) is 0. The van der Waals surface area contributed by atoms with Crippen molar-refractivity contribution >= 4 is 18.2 Å². The summed E-state index contributed by atoms with van der Waals surface area (Å²) in [6.07, 6.45) is 2.67. The van der Waals surface area contributed by atoms with Crippen LogP contribution in [0.15, 0.2) is 41.7 Å². The molecular weight excluding hydrogens is 231 g/mol. The van der Waals surface area contributed by atoms with E-state index in [4.69, 9.17) is 0 Å². The van der Waals surface area contributed by atoms with E-state index in [1.807, 2.05) is 44.2 Å². The Bertz CT molecular complexity index is 460. The van der Waals surface area contributed by atoms with Gasteiger partial charge in [-0.1, -0.05) is 44.2 Å². The van der Waals surface area contributed by atoms with Crippen LogP contribution in [0.2, 0.25) is 0 Å². The highest BCUT2D eigenvalue weighted by atomic mass is 31.2. The van der Waals surface area contributed by atoms with E-state index in [-0.39, 0.29) is 5.78 Å². The van der Waals surface area contributed by atoms with Crippen molar-refractivity contribution in [2.45, 2.75) is 26.7 Å². The molecule has 0 amide bonds. The van der Waals surface area contributed by atoms with Crippen molar-refractivity contribution < 1.29 is 9.36 Å². The van der Waals surface area contributed by atoms with Crippen LogP contribution in [0.1, 0.15) is 26.7 Å². The minimum Gasteiger partial charge on any atom is -0.314 e. The fourth-order valence-electron chi connectivity index (χ4n) is 1.69. The van der Waals surface area contributed by atoms with Crippen LogP contribution >= 0.6 is 7.14 Å². The molecule has 0 aliphatic carbocycles. The third-order valence-electron chi connectivity index (χ3n) is 2.84. The number of benzene rings is 1. The Kier molecular flexibility index (Phi) is 4.89. The molecule has 1 rings (SSSR count). The third kappa shape index (κ3) is 3.41. The van der Waals surface area contributed by atoms with Gasteiger partial charge in [0.1, 0.15) is 7.14 Å². The van der Waals surface area contributed by atoms with E-state index in [9.17, 15) is 9.36 Å². The lowest BCUT2D eigenvalue weighted by molar-refractivity contribution is -0.114. The third-order valence-corrected chi connectivity index (χ3v) is 5.66. The summed E-state index contributed by atoms with van der Waals surface area (Å²) in [6, 6.07) is 9.37. The molecule has 0 saturated heterocycles. The zero-order chi connectivity index (χ0) is 12.9. The molecule has 1 unspecified atom stereocenters. The molecule has 0 aliphatic heterocycles. The van der Waals surface area contributed by atoms with E-state index < -0.39 is 7.14 Å². The summed E-state index contributed by atoms with van der Waals surface area (Å²) in [4.78, 5) is 11.5. The fourth-order valence-corrected chi connectivity index (χ4v) is 3.76. The first kappa shape index (κ1) is 13.9. The van der Waals surface area contributed by atoms with E-state index in [0.29, 0.717) is 12.8 Å². The molecule has 0 spiro atoms. The summed E-state index contributed by atoms with van der Waals surface area (Å²) in [5.74, 6) is 0.0415. The Morgan fingerprint density at radius 1 is 1.18 bits per heavy atom. The van der Waals surface area contributed by atoms with E-state index in [1.165, 1.54) is 0 Å². The van der Waals surface area contributed by atoms with Gasteiger partial charge in [0.25, 0.3) is 0 Å². The Balaban J connectivity index is 3.16. The van der Waals surface area contributed by atoms with Gasteiger partial charge in [0.2, 0.25) is 0 Å². The molecule has 1 aromatic carbocycles. The maximum absolute atomic E-state index is 12.8. The Morgan fingerprint density at radius 3 is 2.24 bits per heavy atom. The minimum atomic E-state index is -2.58. The molecule has 2 nitrogen and oxygen atoms in total. The Morgan fingerprint density at radius 2 is 1.76 bits per heavy atom. The smallest absolute Gasteiger partial charge is 0.155 e. The number of hydrogen-bond donors (Lipinski definition) is 0. The molecule has 0 N–H and O–H groups in total. The van der Waals surface area contributed by atoms with Gasteiger partial charge in [0.05, 0.1) is 0 Å². The molecule has 1 atom stereocenters. The molecular formula is C14H19O2P. The first-order valence-corrected chi connectivity index (χ1v) is 8.04. The lowest BCUT2D eigenvalue weighted by Crippen LogP contribution is -2.06. The van der Waals surface area contributed by atoms with Crippen molar-refractivity contribution in [1.82, 2.24) is 0 Å². The number of ketones is 1. The zero-order valence-electron chi connectivity index (χ0n) is 10.6. The number of carbonyl (C=O) groups excluding carboxylic acids is 1. The standard InChI is InChI=1S/C14H19O2P/c1-4-12(15)11-13(5-2)17(3,16)14-9-7-6-8-10-14/h6-11H,4-5H2,1-3H3/b13-11-. The van der Waals surface area contributed by atoms with Gasteiger partial charge in [-0.05, 0) is 24.5 Å². The number of rotatable bonds is 5. The van der Waals surface area contributed by atoms with E-state index in [2.05, 4.69) is 0 Å². The fraction of sp³-hybridized carbons (Fsp3) is 0.357. The highest BCUT2D eigenvalue weighted by Gasteiger charge is 2.22. The molecule has 0 bridgehead atoms. The monoisotopic (exact) mass is 250 g/mol. The zero-order valence-corrected chi connectivity index (χ0v) is 11.5. The molecule has 92 valence electrons. The van der Waals surface area contributed by atoms with Gasteiger partial charge in [-0.3, -0.25) is 4.79 Å². The van der Waals surface area contributed by atoms with Crippen molar-refractivity contribution in [3.63, 3.8) is 0 Å². The van der Waals surface area contributed by atoms with Crippen LogP contribution in [0.3, 0.4) is 0 Å². The van der Waals surface area contributed by atoms with Gasteiger partial charge in [-0.25, -0.2) is 0 Å². The summed E-state index contributed by atoms with van der Waals surface area (Å²) >= 11 is 0. The maximum Gasteiger partial charge on any atom is 0.155 e. The second-order valence-corrected chi connectivity index (χ2v) is 7.01. The Labute approximate surface area is 103 Å².